The molecular formula is C22H26N4O3S. The van der Waals surface area contributed by atoms with Crippen molar-refractivity contribution in [2.24, 2.45) is 7.05 Å². The summed E-state index contributed by atoms with van der Waals surface area (Å²) in [6, 6.07) is 8.29. The number of carbonyl (C=O) groups excluding carboxylic acids is 1. The predicted molar refractivity (Wildman–Crippen MR) is 118 cm³/mol. The van der Waals surface area contributed by atoms with Crippen LogP contribution in [0.1, 0.15) is 33.3 Å². The Kier molecular flexibility index (Phi) is 5.99. The minimum Gasteiger partial charge on any atom is -0.376 e. The van der Waals surface area contributed by atoms with Crippen molar-refractivity contribution in [3.05, 3.63) is 62.5 Å². The number of nitrogens with zero attached hydrogens (tertiary/aromatic N) is 3. The summed E-state index contributed by atoms with van der Waals surface area (Å²) in [7, 11) is 1.66. The molecule has 0 saturated carbocycles. The number of nitrogens with one attached hydrogen (secondary N) is 1. The quantitative estimate of drug-likeness (QED) is 0.678. The smallest absolute Gasteiger partial charge is 0.262 e. The van der Waals surface area contributed by atoms with Crippen molar-refractivity contribution in [2.75, 3.05) is 19.7 Å². The number of hydrogen-bond acceptors (Lipinski definition) is 6. The lowest BCUT2D eigenvalue weighted by atomic mass is 10.1. The summed E-state index contributed by atoms with van der Waals surface area (Å²) in [5, 5.41) is 3.52. The summed E-state index contributed by atoms with van der Waals surface area (Å²) >= 11 is 1.26. The molecular weight excluding hydrogens is 400 g/mol. The fraction of sp³-hybridized carbons (Fsp3) is 0.409. The van der Waals surface area contributed by atoms with E-state index in [9.17, 15) is 9.59 Å². The molecule has 3 heterocycles. The van der Waals surface area contributed by atoms with Crippen LogP contribution in [-0.4, -0.2) is 46.2 Å². The highest BCUT2D eigenvalue weighted by Gasteiger charge is 2.19. The summed E-state index contributed by atoms with van der Waals surface area (Å²) < 4.78 is 7.04. The Hall–Kier alpha value is -2.55. The van der Waals surface area contributed by atoms with E-state index in [1.165, 1.54) is 27.8 Å². The van der Waals surface area contributed by atoms with Gasteiger partial charge in [-0.15, -0.1) is 11.3 Å². The number of aryl methyl sites for hydroxylation is 2. The zero-order valence-corrected chi connectivity index (χ0v) is 18.3. The largest absolute Gasteiger partial charge is 0.376 e. The van der Waals surface area contributed by atoms with Crippen LogP contribution >= 0.6 is 11.3 Å². The normalized spacial score (nSPS) is 17.4. The van der Waals surface area contributed by atoms with Gasteiger partial charge in [-0.3, -0.25) is 14.5 Å². The molecule has 0 radical (unpaired) electrons. The van der Waals surface area contributed by atoms with E-state index in [1.807, 2.05) is 12.1 Å². The predicted octanol–water partition coefficient (Wildman–Crippen LogP) is 2.45. The Balaban J connectivity index is 1.44. The second-order valence-electron chi connectivity index (χ2n) is 7.82. The first kappa shape index (κ1) is 20.7. The molecule has 0 bridgehead atoms. The Bertz CT molecular complexity index is 1140. The van der Waals surface area contributed by atoms with Crippen LogP contribution in [0.4, 0.5) is 0 Å². The molecule has 30 heavy (non-hydrogen) atoms. The standard InChI is InChI=1S/C22H26N4O3S/c1-14-11-26(7-8-29-14)12-17-6-4-5-16(9-17)10-23-20(27)19-15(2)18-21(30-19)24-13-25(3)22(18)28/h4-6,9,13-14H,7-8,10-12H2,1-3H3,(H,23,27). The number of benzene rings is 1. The van der Waals surface area contributed by atoms with Crippen LogP contribution in [0.15, 0.2) is 35.4 Å². The average Bonchev–Trinajstić information content (AvgIpc) is 3.06. The summed E-state index contributed by atoms with van der Waals surface area (Å²) in [4.78, 5) is 33.0. The SMILES string of the molecule is Cc1c(C(=O)NCc2cccc(CN3CCOC(C)C3)c2)sc2ncn(C)c(=O)c12. The third-order valence-corrected chi connectivity index (χ3v) is 6.59. The van der Waals surface area contributed by atoms with Gasteiger partial charge < -0.3 is 14.6 Å². The topological polar surface area (TPSA) is 76.5 Å². The van der Waals surface area contributed by atoms with Crippen LogP contribution in [0.5, 0.6) is 0 Å². The summed E-state index contributed by atoms with van der Waals surface area (Å²) in [6.07, 6.45) is 1.75. The molecule has 1 aliphatic rings. The number of morpholine rings is 1. The second kappa shape index (κ2) is 8.67. The summed E-state index contributed by atoms with van der Waals surface area (Å²) in [5.74, 6) is -0.176. The second-order valence-corrected chi connectivity index (χ2v) is 8.82. The number of fused-ring (bicyclic) bond motifs is 1. The van der Waals surface area contributed by atoms with E-state index in [2.05, 4.69) is 34.3 Å². The number of amides is 1. The zero-order valence-electron chi connectivity index (χ0n) is 17.5. The van der Waals surface area contributed by atoms with Crippen molar-refractivity contribution >= 4 is 27.5 Å². The van der Waals surface area contributed by atoms with E-state index in [0.29, 0.717) is 27.2 Å². The van der Waals surface area contributed by atoms with Crippen LogP contribution in [0.2, 0.25) is 0 Å². The van der Waals surface area contributed by atoms with Gasteiger partial charge in [0.15, 0.2) is 0 Å². The highest BCUT2D eigenvalue weighted by Crippen LogP contribution is 2.26. The maximum absolute atomic E-state index is 12.8. The molecule has 1 N–H and O–H groups in total. The zero-order chi connectivity index (χ0) is 21.3. The van der Waals surface area contributed by atoms with Crippen LogP contribution in [0, 0.1) is 6.92 Å². The molecule has 1 atom stereocenters. The highest BCUT2D eigenvalue weighted by atomic mass is 32.1. The van der Waals surface area contributed by atoms with Crippen LogP contribution in [0.3, 0.4) is 0 Å². The van der Waals surface area contributed by atoms with Gasteiger partial charge >= 0.3 is 0 Å². The Morgan fingerprint density at radius 1 is 1.37 bits per heavy atom. The maximum Gasteiger partial charge on any atom is 0.262 e. The van der Waals surface area contributed by atoms with Crippen molar-refractivity contribution in [1.29, 1.82) is 0 Å². The lowest BCUT2D eigenvalue weighted by Crippen LogP contribution is -2.40. The van der Waals surface area contributed by atoms with E-state index in [0.717, 1.165) is 31.8 Å². The number of thiophene rings is 1. The number of carbonyl (C=O) groups is 1. The van der Waals surface area contributed by atoms with Crippen molar-refractivity contribution in [3.8, 4) is 0 Å². The van der Waals surface area contributed by atoms with Gasteiger partial charge in [0, 0.05) is 33.2 Å². The Labute approximate surface area is 179 Å². The van der Waals surface area contributed by atoms with Crippen molar-refractivity contribution in [2.45, 2.75) is 33.0 Å². The van der Waals surface area contributed by atoms with E-state index in [1.54, 1.807) is 14.0 Å². The van der Waals surface area contributed by atoms with E-state index >= 15 is 0 Å². The molecule has 1 unspecified atom stereocenters. The minimum atomic E-state index is -0.176. The molecule has 7 nitrogen and oxygen atoms in total. The number of rotatable bonds is 5. The van der Waals surface area contributed by atoms with Crippen molar-refractivity contribution in [3.63, 3.8) is 0 Å². The van der Waals surface area contributed by atoms with Gasteiger partial charge in [-0.25, -0.2) is 4.98 Å². The van der Waals surface area contributed by atoms with E-state index < -0.39 is 0 Å². The molecule has 3 aromatic rings. The van der Waals surface area contributed by atoms with Gasteiger partial charge in [0.1, 0.15) is 4.83 Å². The maximum atomic E-state index is 12.8. The first-order valence-electron chi connectivity index (χ1n) is 10.1. The Morgan fingerprint density at radius 2 is 2.17 bits per heavy atom. The molecule has 4 rings (SSSR count). The molecule has 8 heteroatoms. The van der Waals surface area contributed by atoms with Gasteiger partial charge in [0.2, 0.25) is 0 Å². The summed E-state index contributed by atoms with van der Waals surface area (Å²) in [5.41, 5.74) is 2.84. The lowest BCUT2D eigenvalue weighted by Gasteiger charge is -2.31. The first-order chi connectivity index (χ1) is 14.4. The fourth-order valence-electron chi connectivity index (χ4n) is 3.82. The van der Waals surface area contributed by atoms with E-state index in [-0.39, 0.29) is 17.6 Å². The highest BCUT2D eigenvalue weighted by molar-refractivity contribution is 7.20. The molecule has 158 valence electrons. The number of hydrogen-bond donors (Lipinski definition) is 1. The third-order valence-electron chi connectivity index (χ3n) is 5.39. The summed E-state index contributed by atoms with van der Waals surface area (Å²) in [6.45, 7) is 7.85. The van der Waals surface area contributed by atoms with Gasteiger partial charge in [-0.05, 0) is 30.5 Å². The van der Waals surface area contributed by atoms with E-state index in [4.69, 9.17) is 4.74 Å². The molecule has 1 amide bonds. The lowest BCUT2D eigenvalue weighted by molar-refractivity contribution is -0.0212. The first-order valence-corrected chi connectivity index (χ1v) is 10.9. The average molecular weight is 427 g/mol. The van der Waals surface area contributed by atoms with Gasteiger partial charge in [-0.2, -0.15) is 0 Å². The van der Waals surface area contributed by atoms with Crippen molar-refractivity contribution in [1.82, 2.24) is 19.8 Å². The van der Waals surface area contributed by atoms with Gasteiger partial charge in [-0.1, -0.05) is 24.3 Å². The van der Waals surface area contributed by atoms with Crippen LogP contribution in [-0.2, 0) is 24.9 Å². The molecule has 1 aliphatic heterocycles. The third kappa shape index (κ3) is 4.30. The molecule has 1 saturated heterocycles. The molecule has 0 spiro atoms. The molecule has 2 aromatic heterocycles. The fourth-order valence-corrected chi connectivity index (χ4v) is 4.87. The van der Waals surface area contributed by atoms with Crippen LogP contribution in [0.25, 0.3) is 10.2 Å². The molecule has 1 fully saturated rings. The monoisotopic (exact) mass is 426 g/mol. The van der Waals surface area contributed by atoms with Crippen molar-refractivity contribution < 1.29 is 9.53 Å². The minimum absolute atomic E-state index is 0.127. The van der Waals surface area contributed by atoms with Gasteiger partial charge in [0.05, 0.1) is 29.3 Å². The number of aromatic nitrogens is 2. The molecule has 0 aliphatic carbocycles. The van der Waals surface area contributed by atoms with Gasteiger partial charge in [0.25, 0.3) is 11.5 Å². The Morgan fingerprint density at radius 3 is 2.97 bits per heavy atom. The number of ether oxygens (including phenoxy) is 1. The van der Waals surface area contributed by atoms with Crippen LogP contribution < -0.4 is 10.9 Å². The molecule has 1 aromatic carbocycles.